The number of hydrogen-bond acceptors (Lipinski definition) is 2. The second-order valence-corrected chi connectivity index (χ2v) is 18.3. The Morgan fingerprint density at radius 1 is 0.304 bits per heavy atom. The van der Waals surface area contributed by atoms with E-state index in [-0.39, 0.29) is 0 Å². The van der Waals surface area contributed by atoms with Crippen LogP contribution in [0.5, 0.6) is 0 Å². The van der Waals surface area contributed by atoms with Crippen LogP contribution in [0, 0.1) is 0 Å². The van der Waals surface area contributed by atoms with Gasteiger partial charge in [0.15, 0.2) is 0 Å². The SMILES string of the molecule is c1ccc(-c2ccc(N(c3ccc(-c4cccc5c4oc4ccccc45)cc3)c3cccc4c3-c3ccccc3C43c4ccccc4-c4cccc(-c5cccc(-c6ccccc6)c5)c43)cc2)cc1. The average Bonchev–Trinajstić information content (AvgIpc) is 4.07. The van der Waals surface area contributed by atoms with Crippen molar-refractivity contribution in [2.24, 2.45) is 0 Å². The summed E-state index contributed by atoms with van der Waals surface area (Å²) in [5.74, 6) is 0. The second kappa shape index (κ2) is 15.6. The molecule has 322 valence electrons. The maximum absolute atomic E-state index is 6.53. The molecule has 14 rings (SSSR count). The largest absolute Gasteiger partial charge is 0.455 e. The standard InChI is InChI=1S/C67H43NO/c1-3-17-44(18-4-1)46-35-39-50(40-36-46)68(51-41-37-47(38-42-51)53-27-15-29-57-55-24-9-12-34-63(55)69-66(53)57)62-33-16-32-61-64(62)58-25-8-11-31-60(58)67(61)59-30-10-7-23-54(59)56-28-14-26-52(65(56)67)49-22-13-21-48(43-49)45-19-5-2-6-20-45/h1-43H. The topological polar surface area (TPSA) is 16.4 Å². The second-order valence-electron chi connectivity index (χ2n) is 18.3. The zero-order chi connectivity index (χ0) is 45.5. The van der Waals surface area contributed by atoms with Gasteiger partial charge in [0.05, 0.1) is 11.1 Å². The first-order valence-corrected chi connectivity index (χ1v) is 23.8. The number of fused-ring (bicyclic) bond motifs is 13. The smallest absolute Gasteiger partial charge is 0.143 e. The number of furan rings is 1. The molecule has 0 fully saturated rings. The summed E-state index contributed by atoms with van der Waals surface area (Å²) in [6, 6.07) is 95.6. The normalized spacial score (nSPS) is 14.1. The summed E-state index contributed by atoms with van der Waals surface area (Å²) in [5, 5.41) is 2.26. The number of anilines is 3. The molecule has 0 N–H and O–H groups in total. The first kappa shape index (κ1) is 39.2. The number of nitrogens with zero attached hydrogens (tertiary/aromatic N) is 1. The zero-order valence-electron chi connectivity index (χ0n) is 37.7. The fourth-order valence-electron chi connectivity index (χ4n) is 11.8. The third-order valence-corrected chi connectivity index (χ3v) is 14.7. The van der Waals surface area contributed by atoms with E-state index in [1.54, 1.807) is 0 Å². The summed E-state index contributed by atoms with van der Waals surface area (Å²) < 4.78 is 6.53. The fourth-order valence-corrected chi connectivity index (χ4v) is 11.8. The Morgan fingerprint density at radius 3 is 1.57 bits per heavy atom. The van der Waals surface area contributed by atoms with Gasteiger partial charge in [-0.2, -0.15) is 0 Å². The lowest BCUT2D eigenvalue weighted by molar-refractivity contribution is 0.670. The van der Waals surface area contributed by atoms with E-state index in [1.165, 1.54) is 77.9 Å². The molecule has 2 aliphatic rings. The summed E-state index contributed by atoms with van der Waals surface area (Å²) in [4.78, 5) is 2.46. The van der Waals surface area contributed by atoms with Crippen LogP contribution >= 0.6 is 0 Å². The third kappa shape index (κ3) is 5.92. The number of hydrogen-bond donors (Lipinski definition) is 0. The van der Waals surface area contributed by atoms with E-state index in [1.807, 2.05) is 6.07 Å². The molecule has 1 heterocycles. The van der Waals surface area contributed by atoms with Crippen LogP contribution in [0.15, 0.2) is 265 Å². The minimum atomic E-state index is -0.578. The molecule has 69 heavy (non-hydrogen) atoms. The van der Waals surface area contributed by atoms with Gasteiger partial charge >= 0.3 is 0 Å². The zero-order valence-corrected chi connectivity index (χ0v) is 37.7. The highest BCUT2D eigenvalue weighted by Crippen LogP contribution is 2.66. The van der Waals surface area contributed by atoms with E-state index < -0.39 is 5.41 Å². The van der Waals surface area contributed by atoms with Crippen molar-refractivity contribution in [3.63, 3.8) is 0 Å². The van der Waals surface area contributed by atoms with Crippen LogP contribution in [0.2, 0.25) is 0 Å². The average molecular weight is 878 g/mol. The molecule has 0 aliphatic heterocycles. The van der Waals surface area contributed by atoms with E-state index in [4.69, 9.17) is 4.42 Å². The summed E-state index contributed by atoms with van der Waals surface area (Å²) >= 11 is 0. The molecule has 2 nitrogen and oxygen atoms in total. The van der Waals surface area contributed by atoms with Crippen LogP contribution in [-0.4, -0.2) is 0 Å². The monoisotopic (exact) mass is 877 g/mol. The number of para-hydroxylation sites is 2. The summed E-state index contributed by atoms with van der Waals surface area (Å²) in [6.45, 7) is 0. The van der Waals surface area contributed by atoms with Gasteiger partial charge < -0.3 is 9.32 Å². The fraction of sp³-hybridized carbons (Fsp3) is 0.0149. The minimum absolute atomic E-state index is 0.578. The molecule has 0 amide bonds. The van der Waals surface area contributed by atoms with E-state index in [2.05, 4.69) is 260 Å². The molecular weight excluding hydrogens is 835 g/mol. The minimum Gasteiger partial charge on any atom is -0.455 e. The van der Waals surface area contributed by atoms with Crippen LogP contribution < -0.4 is 4.90 Å². The Kier molecular flexibility index (Phi) is 8.84. The van der Waals surface area contributed by atoms with Crippen LogP contribution in [0.1, 0.15) is 22.3 Å². The maximum atomic E-state index is 6.53. The van der Waals surface area contributed by atoms with Crippen molar-refractivity contribution in [3.8, 4) is 66.8 Å². The van der Waals surface area contributed by atoms with Gasteiger partial charge in [-0.25, -0.2) is 0 Å². The highest BCUT2D eigenvalue weighted by Gasteiger charge is 2.53. The maximum Gasteiger partial charge on any atom is 0.143 e. The lowest BCUT2D eigenvalue weighted by Gasteiger charge is -2.33. The number of benzene rings is 11. The van der Waals surface area contributed by atoms with E-state index >= 15 is 0 Å². The summed E-state index contributed by atoms with van der Waals surface area (Å²) in [5.41, 5.74) is 24.2. The van der Waals surface area contributed by atoms with Crippen molar-refractivity contribution in [1.29, 1.82) is 0 Å². The number of rotatable bonds is 7. The van der Waals surface area contributed by atoms with Crippen LogP contribution in [0.3, 0.4) is 0 Å². The van der Waals surface area contributed by atoms with Gasteiger partial charge in [-0.3, -0.25) is 0 Å². The molecule has 1 atom stereocenters. The van der Waals surface area contributed by atoms with Gasteiger partial charge in [0.2, 0.25) is 0 Å². The van der Waals surface area contributed by atoms with Crippen molar-refractivity contribution >= 4 is 39.0 Å². The highest BCUT2D eigenvalue weighted by molar-refractivity contribution is 6.10. The Labute approximate surface area is 401 Å². The Balaban J connectivity index is 0.992. The molecule has 2 heteroatoms. The molecule has 0 radical (unpaired) electrons. The molecule has 1 aromatic heterocycles. The van der Waals surface area contributed by atoms with Gasteiger partial charge in [-0.05, 0) is 120 Å². The van der Waals surface area contributed by atoms with Crippen LogP contribution in [-0.2, 0) is 5.41 Å². The van der Waals surface area contributed by atoms with Crippen molar-refractivity contribution < 1.29 is 4.42 Å². The van der Waals surface area contributed by atoms with E-state index in [9.17, 15) is 0 Å². The predicted octanol–water partition coefficient (Wildman–Crippen LogP) is 18.1. The molecule has 0 saturated carbocycles. The van der Waals surface area contributed by atoms with Crippen molar-refractivity contribution in [3.05, 3.63) is 283 Å². The van der Waals surface area contributed by atoms with E-state index in [0.29, 0.717) is 0 Å². The van der Waals surface area contributed by atoms with Gasteiger partial charge in [-0.15, -0.1) is 0 Å². The molecule has 1 unspecified atom stereocenters. The Hall–Kier alpha value is -8.98. The molecule has 1 spiro atoms. The van der Waals surface area contributed by atoms with Gasteiger partial charge in [-0.1, -0.05) is 218 Å². The van der Waals surface area contributed by atoms with Gasteiger partial charge in [0.25, 0.3) is 0 Å². The first-order chi connectivity index (χ1) is 34.2. The molecule has 12 aromatic rings. The molecule has 0 saturated heterocycles. The Bertz CT molecular complexity index is 3940. The van der Waals surface area contributed by atoms with Crippen molar-refractivity contribution in [1.82, 2.24) is 0 Å². The molecule has 2 aliphatic carbocycles. The van der Waals surface area contributed by atoms with Crippen LogP contribution in [0.25, 0.3) is 88.7 Å². The van der Waals surface area contributed by atoms with Crippen molar-refractivity contribution in [2.75, 3.05) is 4.90 Å². The quantitative estimate of drug-likeness (QED) is 0.159. The molecular formula is C67H43NO. The lowest BCUT2D eigenvalue weighted by Crippen LogP contribution is -2.26. The molecule has 11 aromatic carbocycles. The van der Waals surface area contributed by atoms with Crippen LogP contribution in [0.4, 0.5) is 17.1 Å². The predicted molar refractivity (Wildman–Crippen MR) is 286 cm³/mol. The van der Waals surface area contributed by atoms with Gasteiger partial charge in [0, 0.05) is 33.3 Å². The highest BCUT2D eigenvalue weighted by atomic mass is 16.3. The summed E-state index contributed by atoms with van der Waals surface area (Å²) in [7, 11) is 0. The first-order valence-electron chi connectivity index (χ1n) is 23.8. The summed E-state index contributed by atoms with van der Waals surface area (Å²) in [6.07, 6.45) is 0. The third-order valence-electron chi connectivity index (χ3n) is 14.7. The van der Waals surface area contributed by atoms with Crippen molar-refractivity contribution in [2.45, 2.75) is 5.41 Å². The molecule has 0 bridgehead atoms. The Morgan fingerprint density at radius 2 is 0.797 bits per heavy atom. The van der Waals surface area contributed by atoms with E-state index in [0.717, 1.165) is 50.1 Å². The van der Waals surface area contributed by atoms with Gasteiger partial charge in [0.1, 0.15) is 11.2 Å². The lowest BCUT2D eigenvalue weighted by atomic mass is 9.68.